The Morgan fingerprint density at radius 3 is 2.77 bits per heavy atom. The van der Waals surface area contributed by atoms with Gasteiger partial charge in [0, 0.05) is 29.8 Å². The van der Waals surface area contributed by atoms with Crippen LogP contribution in [0.15, 0.2) is 53.6 Å². The van der Waals surface area contributed by atoms with Crippen LogP contribution in [0.25, 0.3) is 0 Å². The summed E-state index contributed by atoms with van der Waals surface area (Å²) in [6.45, 7) is 5.08. The lowest BCUT2D eigenvalue weighted by Crippen LogP contribution is -2.36. The highest BCUT2D eigenvalue weighted by Crippen LogP contribution is 2.32. The Bertz CT molecular complexity index is 1370. The molecule has 1 N–H and O–H groups in total. The number of aromatic nitrogens is 4. The van der Waals surface area contributed by atoms with Gasteiger partial charge in [0.1, 0.15) is 17.9 Å². The van der Waals surface area contributed by atoms with Gasteiger partial charge in [-0.2, -0.15) is 10.2 Å². The molecule has 1 aliphatic carbocycles. The summed E-state index contributed by atoms with van der Waals surface area (Å²) in [6, 6.07) is 9.93. The van der Waals surface area contributed by atoms with Crippen molar-refractivity contribution in [1.82, 2.24) is 19.6 Å². The zero-order valence-corrected chi connectivity index (χ0v) is 23.7. The third kappa shape index (κ3) is 7.30. The molecule has 1 aromatic carbocycles. The van der Waals surface area contributed by atoms with E-state index in [1.165, 1.54) is 16.9 Å². The molecule has 1 unspecified atom stereocenters. The van der Waals surface area contributed by atoms with Crippen molar-refractivity contribution in [1.29, 1.82) is 0 Å². The number of hydrogen-bond donors (Lipinski definition) is 1. The van der Waals surface area contributed by atoms with Crippen molar-refractivity contribution in [3.8, 4) is 5.75 Å². The number of benzene rings is 1. The first-order valence-corrected chi connectivity index (χ1v) is 14.2. The standard InChI is InChI=1S/C29H36ClN5O5/c1-29(2)39-19-23(40-29)18-34-13-11-26(33-34)32-28(37)25(15-20-7-3-4-8-20)35-27(36)16-22(17-31-35)38-14-12-21-9-5-6-10-24(21)30/h5-6,9-11,13,16-17,20,23,25H,3-4,7-8,12,14-15,18-19H2,1-2H3,(H,32,33,37)/t23-,25?/m1/s1. The molecule has 11 heteroatoms. The van der Waals surface area contributed by atoms with Crippen molar-refractivity contribution in [2.24, 2.45) is 5.92 Å². The number of anilines is 1. The number of carbonyl (C=O) groups is 1. The van der Waals surface area contributed by atoms with E-state index >= 15 is 0 Å². The van der Waals surface area contributed by atoms with Crippen molar-refractivity contribution >= 4 is 23.3 Å². The van der Waals surface area contributed by atoms with E-state index in [1.807, 2.05) is 38.1 Å². The zero-order valence-electron chi connectivity index (χ0n) is 22.9. The van der Waals surface area contributed by atoms with Crippen LogP contribution in [0.2, 0.25) is 5.02 Å². The zero-order chi connectivity index (χ0) is 28.1. The molecule has 5 rings (SSSR count). The van der Waals surface area contributed by atoms with Gasteiger partial charge in [-0.05, 0) is 37.8 Å². The Balaban J connectivity index is 1.24. The van der Waals surface area contributed by atoms with Crippen LogP contribution >= 0.6 is 11.6 Å². The van der Waals surface area contributed by atoms with Crippen molar-refractivity contribution < 1.29 is 19.0 Å². The van der Waals surface area contributed by atoms with E-state index < -0.39 is 11.8 Å². The average Bonchev–Trinajstić information content (AvgIpc) is 3.66. The van der Waals surface area contributed by atoms with Gasteiger partial charge in [-0.15, -0.1) is 0 Å². The van der Waals surface area contributed by atoms with E-state index in [4.69, 9.17) is 25.8 Å². The minimum absolute atomic E-state index is 0.123. The van der Waals surface area contributed by atoms with E-state index in [9.17, 15) is 9.59 Å². The summed E-state index contributed by atoms with van der Waals surface area (Å²) in [7, 11) is 0. The van der Waals surface area contributed by atoms with Gasteiger partial charge in [0.25, 0.3) is 11.5 Å². The highest BCUT2D eigenvalue weighted by molar-refractivity contribution is 6.31. The van der Waals surface area contributed by atoms with Gasteiger partial charge in [0.2, 0.25) is 0 Å². The molecule has 1 saturated carbocycles. The van der Waals surface area contributed by atoms with Gasteiger partial charge in [-0.25, -0.2) is 4.68 Å². The molecule has 0 bridgehead atoms. The maximum atomic E-state index is 13.5. The maximum absolute atomic E-state index is 13.5. The normalized spacial score (nSPS) is 19.5. The average molecular weight is 570 g/mol. The molecule has 2 aliphatic rings. The second-order valence-corrected chi connectivity index (χ2v) is 11.3. The van der Waals surface area contributed by atoms with E-state index in [1.54, 1.807) is 16.9 Å². The summed E-state index contributed by atoms with van der Waals surface area (Å²) in [4.78, 5) is 26.6. The quantitative estimate of drug-likeness (QED) is 0.358. The molecule has 1 amide bonds. The minimum atomic E-state index is -0.759. The number of nitrogens with one attached hydrogen (secondary N) is 1. The van der Waals surface area contributed by atoms with Crippen LogP contribution < -0.4 is 15.6 Å². The van der Waals surface area contributed by atoms with Gasteiger partial charge < -0.3 is 19.5 Å². The molecular formula is C29H36ClN5O5. The number of rotatable bonds is 11. The highest BCUT2D eigenvalue weighted by Gasteiger charge is 2.33. The third-order valence-corrected chi connectivity index (χ3v) is 7.75. The van der Waals surface area contributed by atoms with Crippen molar-refractivity contribution in [3.63, 3.8) is 0 Å². The molecule has 0 spiro atoms. The number of amides is 1. The monoisotopic (exact) mass is 569 g/mol. The van der Waals surface area contributed by atoms with Crippen LogP contribution in [0.4, 0.5) is 5.82 Å². The molecule has 3 heterocycles. The molecule has 0 radical (unpaired) electrons. The van der Waals surface area contributed by atoms with Crippen molar-refractivity contribution in [2.45, 2.75) is 76.9 Å². The lowest BCUT2D eigenvalue weighted by Gasteiger charge is -2.21. The van der Waals surface area contributed by atoms with Gasteiger partial charge in [0.15, 0.2) is 11.6 Å². The second-order valence-electron chi connectivity index (χ2n) is 10.9. The summed E-state index contributed by atoms with van der Waals surface area (Å²) >= 11 is 6.22. The van der Waals surface area contributed by atoms with Gasteiger partial charge in [-0.1, -0.05) is 55.5 Å². The smallest absolute Gasteiger partial charge is 0.271 e. The fourth-order valence-electron chi connectivity index (χ4n) is 5.38. The molecule has 2 atom stereocenters. The summed E-state index contributed by atoms with van der Waals surface area (Å²) in [5.74, 6) is 0.191. The van der Waals surface area contributed by atoms with Crippen LogP contribution in [-0.4, -0.2) is 50.6 Å². The fourth-order valence-corrected chi connectivity index (χ4v) is 5.61. The number of nitrogens with zero attached hydrogens (tertiary/aromatic N) is 4. The van der Waals surface area contributed by atoms with Crippen molar-refractivity contribution in [2.75, 3.05) is 18.5 Å². The summed E-state index contributed by atoms with van der Waals surface area (Å²) in [6.07, 6.45) is 8.63. The molecule has 1 aliphatic heterocycles. The van der Waals surface area contributed by atoms with Crippen molar-refractivity contribution in [3.05, 3.63) is 69.7 Å². The predicted molar refractivity (Wildman–Crippen MR) is 151 cm³/mol. The molecule has 3 aromatic rings. The lowest BCUT2D eigenvalue weighted by atomic mass is 9.98. The highest BCUT2D eigenvalue weighted by atomic mass is 35.5. The first-order valence-electron chi connectivity index (χ1n) is 13.9. The van der Waals surface area contributed by atoms with E-state index in [0.717, 1.165) is 31.2 Å². The van der Waals surface area contributed by atoms with Crippen LogP contribution in [0.3, 0.4) is 0 Å². The maximum Gasteiger partial charge on any atom is 0.271 e. The molecular weight excluding hydrogens is 534 g/mol. The predicted octanol–water partition coefficient (Wildman–Crippen LogP) is 4.63. The van der Waals surface area contributed by atoms with Gasteiger partial charge in [0.05, 0.1) is 26.0 Å². The Morgan fingerprint density at radius 1 is 1.25 bits per heavy atom. The number of ether oxygens (including phenoxy) is 3. The Hall–Kier alpha value is -3.21. The SMILES string of the molecule is CC1(C)OC[C@@H](Cn2ccc(NC(=O)C(CC3CCCC3)n3ncc(OCCc4ccccc4Cl)cc3=O)n2)O1. The minimum Gasteiger partial charge on any atom is -0.491 e. The lowest BCUT2D eigenvalue weighted by molar-refractivity contribution is -0.139. The Morgan fingerprint density at radius 2 is 2.05 bits per heavy atom. The van der Waals surface area contributed by atoms with E-state index in [2.05, 4.69) is 15.5 Å². The molecule has 40 heavy (non-hydrogen) atoms. The fraction of sp³-hybridized carbons (Fsp3) is 0.517. The van der Waals surface area contributed by atoms with E-state index in [-0.39, 0.29) is 17.6 Å². The Kier molecular flexibility index (Phi) is 8.87. The third-order valence-electron chi connectivity index (χ3n) is 7.38. The summed E-state index contributed by atoms with van der Waals surface area (Å²) in [5, 5.41) is 12.4. The van der Waals surface area contributed by atoms with Crippen LogP contribution in [0.1, 0.15) is 57.6 Å². The largest absolute Gasteiger partial charge is 0.491 e. The number of hydrogen-bond acceptors (Lipinski definition) is 7. The molecule has 1 saturated heterocycles. The number of halogens is 1. The van der Waals surface area contributed by atoms with Gasteiger partial charge >= 0.3 is 0 Å². The number of carbonyl (C=O) groups excluding carboxylic acids is 1. The molecule has 2 aromatic heterocycles. The molecule has 2 fully saturated rings. The topological polar surface area (TPSA) is 110 Å². The van der Waals surface area contributed by atoms with Crippen LogP contribution in [0.5, 0.6) is 5.75 Å². The molecule has 214 valence electrons. The van der Waals surface area contributed by atoms with E-state index in [0.29, 0.717) is 55.1 Å². The summed E-state index contributed by atoms with van der Waals surface area (Å²) in [5.41, 5.74) is 0.578. The molecule has 10 nitrogen and oxygen atoms in total. The van der Waals surface area contributed by atoms with Crippen LogP contribution in [0, 0.1) is 5.92 Å². The van der Waals surface area contributed by atoms with Gasteiger partial charge in [-0.3, -0.25) is 14.3 Å². The summed E-state index contributed by atoms with van der Waals surface area (Å²) < 4.78 is 20.2. The second kappa shape index (κ2) is 12.5. The van der Waals surface area contributed by atoms with Crippen LogP contribution in [-0.2, 0) is 27.2 Å². The first-order chi connectivity index (χ1) is 19.3. The Labute approximate surface area is 238 Å². The first kappa shape index (κ1) is 28.3.